The molecule has 0 radical (unpaired) electrons. The number of piperidine rings is 1. The summed E-state index contributed by atoms with van der Waals surface area (Å²) in [6.45, 7) is 3.38. The minimum atomic E-state index is -0.128. The Hall–Kier alpha value is -2.14. The highest BCUT2D eigenvalue weighted by Gasteiger charge is 2.11. The van der Waals surface area contributed by atoms with E-state index in [1.54, 1.807) is 24.1 Å². The van der Waals surface area contributed by atoms with E-state index in [9.17, 15) is 4.79 Å². The van der Waals surface area contributed by atoms with Crippen LogP contribution in [0.1, 0.15) is 35.2 Å². The molecule has 0 bridgehead atoms. The average Bonchev–Trinajstić information content (AvgIpc) is 2.97. The second kappa shape index (κ2) is 6.75. The Morgan fingerprint density at radius 3 is 2.55 bits per heavy atom. The zero-order valence-electron chi connectivity index (χ0n) is 13.0. The van der Waals surface area contributed by atoms with Crippen molar-refractivity contribution in [3.63, 3.8) is 0 Å². The molecule has 0 unspecified atom stereocenters. The molecule has 1 aliphatic rings. The monoisotopic (exact) mass is 298 g/mol. The first kappa shape index (κ1) is 14.8. The third-order valence-corrected chi connectivity index (χ3v) is 4.03. The number of hydrogen-bond donors (Lipinski definition) is 1. The summed E-state index contributed by atoms with van der Waals surface area (Å²) in [5, 5.41) is 6.91. The number of benzene rings is 1. The van der Waals surface area contributed by atoms with E-state index in [2.05, 4.69) is 27.4 Å². The van der Waals surface area contributed by atoms with Crippen molar-refractivity contribution in [2.24, 2.45) is 7.05 Å². The van der Waals surface area contributed by atoms with Crippen LogP contribution in [-0.4, -0.2) is 33.7 Å². The number of carbonyl (C=O) groups is 1. The lowest BCUT2D eigenvalue weighted by Gasteiger charge is -2.26. The Balaban J connectivity index is 1.58. The van der Waals surface area contributed by atoms with Crippen molar-refractivity contribution >= 4 is 11.6 Å². The van der Waals surface area contributed by atoms with Crippen LogP contribution in [0, 0.1) is 0 Å². The highest BCUT2D eigenvalue weighted by molar-refractivity contribution is 6.03. The van der Waals surface area contributed by atoms with Gasteiger partial charge in [0.05, 0.1) is 11.8 Å². The first-order chi connectivity index (χ1) is 10.7. The molecule has 1 aromatic carbocycles. The molecule has 1 saturated heterocycles. The lowest BCUT2D eigenvalue weighted by Crippen LogP contribution is -2.29. The zero-order valence-corrected chi connectivity index (χ0v) is 13.0. The molecule has 1 aliphatic heterocycles. The fraction of sp³-hybridized carbons (Fsp3) is 0.412. The van der Waals surface area contributed by atoms with E-state index >= 15 is 0 Å². The molecule has 22 heavy (non-hydrogen) atoms. The van der Waals surface area contributed by atoms with Gasteiger partial charge in [0.25, 0.3) is 5.91 Å². The molecule has 5 heteroatoms. The van der Waals surface area contributed by atoms with Crippen molar-refractivity contribution < 1.29 is 4.79 Å². The number of nitrogens with one attached hydrogen (secondary N) is 1. The number of amides is 1. The van der Waals surface area contributed by atoms with Gasteiger partial charge in [0.1, 0.15) is 0 Å². The Morgan fingerprint density at radius 1 is 1.18 bits per heavy atom. The Morgan fingerprint density at radius 2 is 1.91 bits per heavy atom. The number of rotatable bonds is 4. The standard InChI is InChI=1S/C17H22N4O/c1-20-13-15(11-18-20)17(22)19-16-7-5-14(6-8-16)12-21-9-3-2-4-10-21/h5-8,11,13H,2-4,9-10,12H2,1H3,(H,19,22). The van der Waals surface area contributed by atoms with Crippen LogP contribution < -0.4 is 5.32 Å². The summed E-state index contributed by atoms with van der Waals surface area (Å²) >= 11 is 0. The van der Waals surface area contributed by atoms with Gasteiger partial charge in [-0.25, -0.2) is 0 Å². The number of likely N-dealkylation sites (tertiary alicyclic amines) is 1. The Labute approximate surface area is 130 Å². The van der Waals surface area contributed by atoms with Crippen molar-refractivity contribution in [3.05, 3.63) is 47.8 Å². The van der Waals surface area contributed by atoms with Crippen molar-refractivity contribution in [1.82, 2.24) is 14.7 Å². The van der Waals surface area contributed by atoms with Gasteiger partial charge in [-0.05, 0) is 43.6 Å². The lowest BCUT2D eigenvalue weighted by molar-refractivity contribution is 0.102. The summed E-state index contributed by atoms with van der Waals surface area (Å²) in [6.07, 6.45) is 7.24. The largest absolute Gasteiger partial charge is 0.322 e. The smallest absolute Gasteiger partial charge is 0.258 e. The predicted octanol–water partition coefficient (Wildman–Crippen LogP) is 2.66. The molecular formula is C17H22N4O. The maximum Gasteiger partial charge on any atom is 0.258 e. The van der Waals surface area contributed by atoms with Crippen LogP contribution in [0.4, 0.5) is 5.69 Å². The number of aryl methyl sites for hydroxylation is 1. The van der Waals surface area contributed by atoms with E-state index in [1.165, 1.54) is 37.9 Å². The maximum absolute atomic E-state index is 12.1. The number of aromatic nitrogens is 2. The molecule has 3 rings (SSSR count). The minimum absolute atomic E-state index is 0.128. The molecule has 1 N–H and O–H groups in total. The first-order valence-electron chi connectivity index (χ1n) is 7.82. The molecule has 0 aliphatic carbocycles. The van der Waals surface area contributed by atoms with Crippen molar-refractivity contribution in [2.45, 2.75) is 25.8 Å². The fourth-order valence-corrected chi connectivity index (χ4v) is 2.81. The third kappa shape index (κ3) is 3.74. The van der Waals surface area contributed by atoms with Gasteiger partial charge in [-0.15, -0.1) is 0 Å². The second-order valence-electron chi connectivity index (χ2n) is 5.89. The van der Waals surface area contributed by atoms with Crippen molar-refractivity contribution in [2.75, 3.05) is 18.4 Å². The molecule has 5 nitrogen and oxygen atoms in total. The van der Waals surface area contributed by atoms with Gasteiger partial charge in [0.2, 0.25) is 0 Å². The summed E-state index contributed by atoms with van der Waals surface area (Å²) in [4.78, 5) is 14.5. The van der Waals surface area contributed by atoms with E-state index in [-0.39, 0.29) is 5.91 Å². The SMILES string of the molecule is Cn1cc(C(=O)Nc2ccc(CN3CCCCC3)cc2)cn1. The maximum atomic E-state index is 12.1. The number of nitrogens with zero attached hydrogens (tertiary/aromatic N) is 3. The zero-order chi connectivity index (χ0) is 15.4. The molecule has 2 aromatic rings. The molecule has 1 amide bonds. The highest BCUT2D eigenvalue weighted by Crippen LogP contribution is 2.15. The van der Waals surface area contributed by atoms with Crippen LogP contribution in [0.3, 0.4) is 0 Å². The lowest BCUT2D eigenvalue weighted by atomic mass is 10.1. The normalized spacial score (nSPS) is 15.7. The van der Waals surface area contributed by atoms with Gasteiger partial charge >= 0.3 is 0 Å². The van der Waals surface area contributed by atoms with Gasteiger partial charge in [-0.3, -0.25) is 14.4 Å². The molecule has 0 saturated carbocycles. The van der Waals surface area contributed by atoms with Gasteiger partial charge in [-0.1, -0.05) is 18.6 Å². The minimum Gasteiger partial charge on any atom is -0.322 e. The van der Waals surface area contributed by atoms with Crippen molar-refractivity contribution in [3.8, 4) is 0 Å². The molecule has 2 heterocycles. The van der Waals surface area contributed by atoms with Gasteiger partial charge < -0.3 is 5.32 Å². The Bertz CT molecular complexity index is 626. The summed E-state index contributed by atoms with van der Waals surface area (Å²) in [6, 6.07) is 8.11. The van der Waals surface area contributed by atoms with Crippen LogP contribution in [0.25, 0.3) is 0 Å². The fourth-order valence-electron chi connectivity index (χ4n) is 2.81. The molecular weight excluding hydrogens is 276 g/mol. The van der Waals surface area contributed by atoms with E-state index in [0.29, 0.717) is 5.56 Å². The Kier molecular flexibility index (Phi) is 4.53. The molecule has 0 atom stereocenters. The molecule has 0 spiro atoms. The van der Waals surface area contributed by atoms with E-state index in [1.807, 2.05) is 12.1 Å². The number of anilines is 1. The van der Waals surface area contributed by atoms with Gasteiger partial charge in [-0.2, -0.15) is 5.10 Å². The average molecular weight is 298 g/mol. The predicted molar refractivity (Wildman–Crippen MR) is 86.7 cm³/mol. The van der Waals surface area contributed by atoms with Crippen LogP contribution in [0.15, 0.2) is 36.7 Å². The molecule has 1 fully saturated rings. The summed E-state index contributed by atoms with van der Waals surface area (Å²) in [5.74, 6) is -0.128. The quantitative estimate of drug-likeness (QED) is 0.944. The van der Waals surface area contributed by atoms with E-state index in [0.717, 1.165) is 12.2 Å². The molecule has 116 valence electrons. The van der Waals surface area contributed by atoms with E-state index in [4.69, 9.17) is 0 Å². The topological polar surface area (TPSA) is 50.2 Å². The summed E-state index contributed by atoms with van der Waals surface area (Å²) in [7, 11) is 1.80. The van der Waals surface area contributed by atoms with Crippen LogP contribution in [0.5, 0.6) is 0 Å². The van der Waals surface area contributed by atoms with Crippen LogP contribution in [0.2, 0.25) is 0 Å². The van der Waals surface area contributed by atoms with Gasteiger partial charge in [0, 0.05) is 25.5 Å². The third-order valence-electron chi connectivity index (χ3n) is 4.03. The number of carbonyl (C=O) groups excluding carboxylic acids is 1. The summed E-state index contributed by atoms with van der Waals surface area (Å²) < 4.78 is 1.62. The number of hydrogen-bond acceptors (Lipinski definition) is 3. The van der Waals surface area contributed by atoms with E-state index < -0.39 is 0 Å². The van der Waals surface area contributed by atoms with Crippen LogP contribution in [-0.2, 0) is 13.6 Å². The van der Waals surface area contributed by atoms with Gasteiger partial charge in [0.15, 0.2) is 0 Å². The molecule has 1 aromatic heterocycles. The second-order valence-corrected chi connectivity index (χ2v) is 5.89. The highest BCUT2D eigenvalue weighted by atomic mass is 16.1. The van der Waals surface area contributed by atoms with Crippen molar-refractivity contribution in [1.29, 1.82) is 0 Å². The first-order valence-corrected chi connectivity index (χ1v) is 7.82. The summed E-state index contributed by atoms with van der Waals surface area (Å²) in [5.41, 5.74) is 2.68. The van der Waals surface area contributed by atoms with Crippen LogP contribution >= 0.6 is 0 Å².